The SMILES string of the molecule is CCc1cccc(C)c1NC(=O)CNCCc1ccc(S(N)(=O)=O)cc1. The van der Waals surface area contributed by atoms with Gasteiger partial charge in [-0.3, -0.25) is 4.79 Å². The first-order chi connectivity index (χ1) is 12.3. The van der Waals surface area contributed by atoms with Crippen LogP contribution in [0.5, 0.6) is 0 Å². The predicted molar refractivity (Wildman–Crippen MR) is 104 cm³/mol. The second-order valence-electron chi connectivity index (χ2n) is 6.13. The van der Waals surface area contributed by atoms with Crippen LogP contribution in [-0.2, 0) is 27.7 Å². The Labute approximate surface area is 154 Å². The maximum absolute atomic E-state index is 12.1. The molecule has 0 fully saturated rings. The fourth-order valence-electron chi connectivity index (χ4n) is 2.67. The highest BCUT2D eigenvalue weighted by molar-refractivity contribution is 7.89. The third kappa shape index (κ3) is 5.66. The molecule has 4 N–H and O–H groups in total. The minimum atomic E-state index is -3.66. The number of hydrogen-bond acceptors (Lipinski definition) is 4. The number of carbonyl (C=O) groups is 1. The quantitative estimate of drug-likeness (QED) is 0.614. The molecule has 0 aromatic heterocycles. The second kappa shape index (κ2) is 8.93. The van der Waals surface area contributed by atoms with E-state index in [0.29, 0.717) is 13.0 Å². The number of sulfonamides is 1. The van der Waals surface area contributed by atoms with Gasteiger partial charge in [-0.05, 0) is 55.1 Å². The number of amides is 1. The zero-order chi connectivity index (χ0) is 19.2. The van der Waals surface area contributed by atoms with Crippen LogP contribution in [0.15, 0.2) is 47.4 Å². The van der Waals surface area contributed by atoms with E-state index in [2.05, 4.69) is 17.6 Å². The van der Waals surface area contributed by atoms with Crippen molar-refractivity contribution >= 4 is 21.6 Å². The van der Waals surface area contributed by atoms with Crippen LogP contribution in [0.2, 0.25) is 0 Å². The summed E-state index contributed by atoms with van der Waals surface area (Å²) in [4.78, 5) is 12.2. The largest absolute Gasteiger partial charge is 0.324 e. The van der Waals surface area contributed by atoms with Gasteiger partial charge in [0.2, 0.25) is 15.9 Å². The maximum Gasteiger partial charge on any atom is 0.238 e. The first kappa shape index (κ1) is 20.1. The number of rotatable bonds is 8. The fourth-order valence-corrected chi connectivity index (χ4v) is 3.18. The molecule has 0 heterocycles. The minimum Gasteiger partial charge on any atom is -0.324 e. The summed E-state index contributed by atoms with van der Waals surface area (Å²) in [6, 6.07) is 12.4. The first-order valence-corrected chi connectivity index (χ1v) is 10.1. The zero-order valence-electron chi connectivity index (χ0n) is 15.1. The monoisotopic (exact) mass is 375 g/mol. The number of aryl methyl sites for hydroxylation is 2. The Morgan fingerprint density at radius 3 is 2.42 bits per heavy atom. The molecule has 2 aromatic carbocycles. The van der Waals surface area contributed by atoms with Gasteiger partial charge in [-0.25, -0.2) is 13.6 Å². The number of anilines is 1. The Morgan fingerprint density at radius 1 is 1.12 bits per heavy atom. The Hall–Kier alpha value is -2.22. The highest BCUT2D eigenvalue weighted by Gasteiger charge is 2.09. The normalized spacial score (nSPS) is 11.3. The van der Waals surface area contributed by atoms with Crippen molar-refractivity contribution in [3.05, 3.63) is 59.2 Å². The average molecular weight is 375 g/mol. The number of primary sulfonamides is 1. The summed E-state index contributed by atoms with van der Waals surface area (Å²) in [6.45, 7) is 4.86. The molecule has 7 heteroatoms. The summed E-state index contributed by atoms with van der Waals surface area (Å²) in [6.07, 6.45) is 1.54. The van der Waals surface area contributed by atoms with E-state index >= 15 is 0 Å². The highest BCUT2D eigenvalue weighted by atomic mass is 32.2. The molecule has 0 aliphatic rings. The molecule has 0 saturated heterocycles. The van der Waals surface area contributed by atoms with Crippen LogP contribution in [-0.4, -0.2) is 27.4 Å². The lowest BCUT2D eigenvalue weighted by molar-refractivity contribution is -0.115. The van der Waals surface area contributed by atoms with Crippen LogP contribution in [0.1, 0.15) is 23.6 Å². The summed E-state index contributed by atoms with van der Waals surface area (Å²) < 4.78 is 22.4. The molecule has 0 unspecified atom stereocenters. The van der Waals surface area contributed by atoms with Crippen molar-refractivity contribution in [2.75, 3.05) is 18.4 Å². The molecular weight excluding hydrogens is 350 g/mol. The van der Waals surface area contributed by atoms with Gasteiger partial charge in [0.1, 0.15) is 0 Å². The van der Waals surface area contributed by atoms with Crippen LogP contribution in [0.25, 0.3) is 0 Å². The third-order valence-electron chi connectivity index (χ3n) is 4.13. The number of carbonyl (C=O) groups excluding carboxylic acids is 1. The maximum atomic E-state index is 12.1. The third-order valence-corrected chi connectivity index (χ3v) is 5.06. The summed E-state index contributed by atoms with van der Waals surface area (Å²) >= 11 is 0. The molecule has 2 rings (SSSR count). The molecule has 0 aliphatic heterocycles. The summed E-state index contributed by atoms with van der Waals surface area (Å²) in [5.74, 6) is -0.0847. The van der Waals surface area contributed by atoms with E-state index in [1.54, 1.807) is 12.1 Å². The van der Waals surface area contributed by atoms with Gasteiger partial charge in [0, 0.05) is 5.69 Å². The van der Waals surface area contributed by atoms with Crippen LogP contribution in [0.4, 0.5) is 5.69 Å². The molecule has 140 valence electrons. The number of hydrogen-bond donors (Lipinski definition) is 3. The van der Waals surface area contributed by atoms with Crippen LogP contribution in [0.3, 0.4) is 0 Å². The van der Waals surface area contributed by atoms with E-state index in [1.807, 2.05) is 25.1 Å². The molecule has 0 radical (unpaired) electrons. The van der Waals surface area contributed by atoms with E-state index in [1.165, 1.54) is 12.1 Å². The van der Waals surface area contributed by atoms with Gasteiger partial charge in [0.15, 0.2) is 0 Å². The van der Waals surface area contributed by atoms with Crippen molar-refractivity contribution in [3.63, 3.8) is 0 Å². The molecule has 2 aromatic rings. The lowest BCUT2D eigenvalue weighted by Gasteiger charge is -2.13. The average Bonchev–Trinajstić information content (AvgIpc) is 2.60. The zero-order valence-corrected chi connectivity index (χ0v) is 15.9. The minimum absolute atomic E-state index is 0.0847. The predicted octanol–water partition coefficient (Wildman–Crippen LogP) is 1.98. The molecule has 0 saturated carbocycles. The number of para-hydroxylation sites is 1. The molecule has 6 nitrogen and oxygen atoms in total. The van der Waals surface area contributed by atoms with Crippen molar-refractivity contribution in [1.82, 2.24) is 5.32 Å². The van der Waals surface area contributed by atoms with Crippen molar-refractivity contribution in [3.8, 4) is 0 Å². The lowest BCUT2D eigenvalue weighted by Crippen LogP contribution is -2.30. The smallest absolute Gasteiger partial charge is 0.238 e. The van der Waals surface area contributed by atoms with Gasteiger partial charge in [0.25, 0.3) is 0 Å². The molecule has 1 amide bonds. The first-order valence-electron chi connectivity index (χ1n) is 8.52. The van der Waals surface area contributed by atoms with Crippen LogP contribution >= 0.6 is 0 Å². The number of nitrogens with one attached hydrogen (secondary N) is 2. The summed E-state index contributed by atoms with van der Waals surface area (Å²) in [5.41, 5.74) is 4.03. The van der Waals surface area contributed by atoms with E-state index in [4.69, 9.17) is 5.14 Å². The van der Waals surface area contributed by atoms with Gasteiger partial charge in [-0.2, -0.15) is 0 Å². The van der Waals surface area contributed by atoms with Gasteiger partial charge in [-0.1, -0.05) is 37.3 Å². The van der Waals surface area contributed by atoms with Crippen LogP contribution in [0, 0.1) is 6.92 Å². The fraction of sp³-hybridized carbons (Fsp3) is 0.316. The topological polar surface area (TPSA) is 101 Å². The van der Waals surface area contributed by atoms with Crippen molar-refractivity contribution in [2.24, 2.45) is 5.14 Å². The Kier molecular flexibility index (Phi) is 6.90. The van der Waals surface area contributed by atoms with Gasteiger partial charge in [0.05, 0.1) is 11.4 Å². The van der Waals surface area contributed by atoms with E-state index in [9.17, 15) is 13.2 Å². The summed E-state index contributed by atoms with van der Waals surface area (Å²) in [7, 11) is -3.66. The van der Waals surface area contributed by atoms with Crippen molar-refractivity contribution in [1.29, 1.82) is 0 Å². The molecular formula is C19H25N3O3S. The summed E-state index contributed by atoms with van der Waals surface area (Å²) in [5, 5.41) is 11.1. The Balaban J connectivity index is 1.80. The van der Waals surface area contributed by atoms with Crippen molar-refractivity contribution in [2.45, 2.75) is 31.6 Å². The Bertz CT molecular complexity index is 862. The molecule has 0 aliphatic carbocycles. The van der Waals surface area contributed by atoms with Gasteiger partial charge in [-0.15, -0.1) is 0 Å². The van der Waals surface area contributed by atoms with Gasteiger partial charge >= 0.3 is 0 Å². The molecule has 0 bridgehead atoms. The molecule has 26 heavy (non-hydrogen) atoms. The number of benzene rings is 2. The Morgan fingerprint density at radius 2 is 1.81 bits per heavy atom. The highest BCUT2D eigenvalue weighted by Crippen LogP contribution is 2.20. The molecule has 0 atom stereocenters. The van der Waals surface area contributed by atoms with Crippen molar-refractivity contribution < 1.29 is 13.2 Å². The van der Waals surface area contributed by atoms with E-state index in [-0.39, 0.29) is 17.3 Å². The molecule has 0 spiro atoms. The van der Waals surface area contributed by atoms with E-state index < -0.39 is 10.0 Å². The standard InChI is InChI=1S/C19H25N3O3S/c1-3-16-6-4-5-14(2)19(16)22-18(23)13-21-12-11-15-7-9-17(10-8-15)26(20,24)25/h4-10,21H,3,11-13H2,1-2H3,(H,22,23)(H2,20,24,25). The van der Waals surface area contributed by atoms with E-state index in [0.717, 1.165) is 28.8 Å². The number of nitrogens with two attached hydrogens (primary N) is 1. The second-order valence-corrected chi connectivity index (χ2v) is 7.69. The van der Waals surface area contributed by atoms with Crippen LogP contribution < -0.4 is 15.8 Å². The van der Waals surface area contributed by atoms with Gasteiger partial charge < -0.3 is 10.6 Å². The lowest BCUT2D eigenvalue weighted by atomic mass is 10.1.